The number of methoxy groups -OCH3 is 4. The average Bonchev–Trinajstić information content (AvgIpc) is 3.52. The SMILES string of the molecule is COc1ccc(C2=CC=CC2=C(O)C2C=CC=C2c2ccc(OC)cc2OC)c(OC)c1. The second-order valence-corrected chi connectivity index (χ2v) is 7.36. The Balaban J connectivity index is 1.73. The maximum Gasteiger partial charge on any atom is 0.130 e. The molecule has 164 valence electrons. The van der Waals surface area contributed by atoms with Crippen LogP contribution in [-0.2, 0) is 0 Å². The zero-order chi connectivity index (χ0) is 22.7. The van der Waals surface area contributed by atoms with Crippen molar-refractivity contribution in [1.29, 1.82) is 0 Å². The lowest BCUT2D eigenvalue weighted by molar-refractivity contribution is 0.376. The third-order valence-corrected chi connectivity index (χ3v) is 5.72. The molecule has 32 heavy (non-hydrogen) atoms. The molecule has 0 aliphatic heterocycles. The Kier molecular flexibility index (Phi) is 6.08. The van der Waals surface area contributed by atoms with Gasteiger partial charge in [0.25, 0.3) is 0 Å². The highest BCUT2D eigenvalue weighted by Crippen LogP contribution is 2.44. The Morgan fingerprint density at radius 1 is 0.750 bits per heavy atom. The van der Waals surface area contributed by atoms with Gasteiger partial charge in [0.15, 0.2) is 0 Å². The molecule has 2 aromatic carbocycles. The van der Waals surface area contributed by atoms with Crippen molar-refractivity contribution in [2.24, 2.45) is 5.92 Å². The first-order chi connectivity index (χ1) is 15.6. The molecule has 1 N–H and O–H groups in total. The van der Waals surface area contributed by atoms with Gasteiger partial charge in [0.05, 0.1) is 34.4 Å². The molecule has 0 fully saturated rings. The van der Waals surface area contributed by atoms with E-state index in [4.69, 9.17) is 18.9 Å². The average molecular weight is 431 g/mol. The molecule has 1 unspecified atom stereocenters. The fourth-order valence-electron chi connectivity index (χ4n) is 4.08. The summed E-state index contributed by atoms with van der Waals surface area (Å²) in [6.45, 7) is 0. The number of hydrogen-bond acceptors (Lipinski definition) is 5. The Labute approximate surface area is 188 Å². The summed E-state index contributed by atoms with van der Waals surface area (Å²) < 4.78 is 21.8. The lowest BCUT2D eigenvalue weighted by atomic mass is 9.88. The van der Waals surface area contributed by atoms with Crippen molar-refractivity contribution < 1.29 is 24.1 Å². The van der Waals surface area contributed by atoms with Crippen molar-refractivity contribution in [2.75, 3.05) is 28.4 Å². The first-order valence-corrected chi connectivity index (χ1v) is 10.3. The number of ether oxygens (including phenoxy) is 4. The fourth-order valence-corrected chi connectivity index (χ4v) is 4.08. The van der Waals surface area contributed by atoms with Crippen LogP contribution in [0.1, 0.15) is 11.1 Å². The molecule has 5 nitrogen and oxygen atoms in total. The van der Waals surface area contributed by atoms with E-state index in [2.05, 4.69) is 0 Å². The van der Waals surface area contributed by atoms with Crippen molar-refractivity contribution in [3.8, 4) is 23.0 Å². The standard InChI is InChI=1S/C27H26O5/c1-29-17-11-13-21(25(15-17)31-3)19-7-5-9-23(19)27(28)24-10-6-8-20(24)22-14-12-18(30-2)16-26(22)32-4/h5-16,23,28H,1-4H3. The van der Waals surface area contributed by atoms with Crippen LogP contribution in [0, 0.1) is 5.92 Å². The lowest BCUT2D eigenvalue weighted by Crippen LogP contribution is -2.06. The number of rotatable bonds is 7. The molecule has 4 rings (SSSR count). The predicted molar refractivity (Wildman–Crippen MR) is 126 cm³/mol. The molecule has 0 aromatic heterocycles. The topological polar surface area (TPSA) is 57.2 Å². The Hall–Kier alpha value is -3.86. The zero-order valence-electron chi connectivity index (χ0n) is 18.6. The van der Waals surface area contributed by atoms with E-state index in [1.165, 1.54) is 0 Å². The first kappa shape index (κ1) is 21.4. The normalized spacial score (nSPS) is 18.3. The summed E-state index contributed by atoms with van der Waals surface area (Å²) >= 11 is 0. The van der Waals surface area contributed by atoms with Crippen LogP contribution in [0.4, 0.5) is 0 Å². The van der Waals surface area contributed by atoms with Crippen LogP contribution in [0.2, 0.25) is 0 Å². The third-order valence-electron chi connectivity index (χ3n) is 5.72. The van der Waals surface area contributed by atoms with E-state index in [0.717, 1.165) is 27.8 Å². The lowest BCUT2D eigenvalue weighted by Gasteiger charge is -2.20. The van der Waals surface area contributed by atoms with Crippen LogP contribution >= 0.6 is 0 Å². The van der Waals surface area contributed by atoms with Gasteiger partial charge < -0.3 is 24.1 Å². The van der Waals surface area contributed by atoms with Gasteiger partial charge in [0, 0.05) is 28.8 Å². The van der Waals surface area contributed by atoms with E-state index in [9.17, 15) is 5.11 Å². The number of hydrogen-bond donors (Lipinski definition) is 1. The summed E-state index contributed by atoms with van der Waals surface area (Å²) in [6.07, 6.45) is 11.8. The number of aliphatic hydroxyl groups is 1. The van der Waals surface area contributed by atoms with Gasteiger partial charge in [0.2, 0.25) is 0 Å². The van der Waals surface area contributed by atoms with E-state index < -0.39 is 0 Å². The molecule has 0 amide bonds. The molecule has 2 aromatic rings. The van der Waals surface area contributed by atoms with E-state index >= 15 is 0 Å². The monoisotopic (exact) mass is 430 g/mol. The fraction of sp³-hybridized carbons (Fsp3) is 0.185. The maximum absolute atomic E-state index is 11.4. The van der Waals surface area contributed by atoms with Gasteiger partial charge in [-0.25, -0.2) is 0 Å². The summed E-state index contributed by atoms with van der Waals surface area (Å²) in [5.74, 6) is 2.76. The number of aliphatic hydroxyl groups excluding tert-OH is 1. The van der Waals surface area contributed by atoms with Crippen LogP contribution in [0.25, 0.3) is 11.1 Å². The number of benzene rings is 2. The van der Waals surface area contributed by atoms with E-state index in [-0.39, 0.29) is 11.7 Å². The summed E-state index contributed by atoms with van der Waals surface area (Å²) in [6, 6.07) is 11.4. The highest BCUT2D eigenvalue weighted by atomic mass is 16.5. The van der Waals surface area contributed by atoms with E-state index in [0.29, 0.717) is 23.0 Å². The summed E-state index contributed by atoms with van der Waals surface area (Å²) in [7, 11) is 6.50. The van der Waals surface area contributed by atoms with Gasteiger partial charge >= 0.3 is 0 Å². The summed E-state index contributed by atoms with van der Waals surface area (Å²) in [5.41, 5.74) is 4.39. The molecule has 5 heteroatoms. The van der Waals surface area contributed by atoms with Crippen LogP contribution < -0.4 is 18.9 Å². The minimum absolute atomic E-state index is 0.265. The molecule has 0 radical (unpaired) electrons. The quantitative estimate of drug-likeness (QED) is 0.567. The molecular formula is C27H26O5. The first-order valence-electron chi connectivity index (χ1n) is 10.3. The zero-order valence-corrected chi connectivity index (χ0v) is 18.6. The molecule has 2 aliphatic rings. The molecule has 0 saturated carbocycles. The van der Waals surface area contributed by atoms with Gasteiger partial charge in [-0.2, -0.15) is 0 Å². The minimum Gasteiger partial charge on any atom is -0.511 e. The van der Waals surface area contributed by atoms with Crippen LogP contribution in [0.15, 0.2) is 84.2 Å². The van der Waals surface area contributed by atoms with Gasteiger partial charge in [0.1, 0.15) is 28.8 Å². The van der Waals surface area contributed by atoms with Crippen molar-refractivity contribution in [3.05, 3.63) is 95.3 Å². The Morgan fingerprint density at radius 3 is 2.00 bits per heavy atom. The largest absolute Gasteiger partial charge is 0.511 e. The second-order valence-electron chi connectivity index (χ2n) is 7.36. The molecule has 0 bridgehead atoms. The van der Waals surface area contributed by atoms with Crippen molar-refractivity contribution >= 4 is 11.1 Å². The maximum atomic E-state index is 11.4. The predicted octanol–water partition coefficient (Wildman–Crippen LogP) is 5.76. The Morgan fingerprint density at radius 2 is 1.38 bits per heavy atom. The van der Waals surface area contributed by atoms with Gasteiger partial charge in [-0.1, -0.05) is 36.5 Å². The molecule has 0 saturated heterocycles. The third kappa shape index (κ3) is 3.78. The van der Waals surface area contributed by atoms with Gasteiger partial charge in [-0.15, -0.1) is 0 Å². The summed E-state index contributed by atoms with van der Waals surface area (Å²) in [4.78, 5) is 0. The molecular weight excluding hydrogens is 404 g/mol. The molecule has 0 heterocycles. The molecule has 1 atom stereocenters. The van der Waals surface area contributed by atoms with Crippen LogP contribution in [-0.4, -0.2) is 33.5 Å². The van der Waals surface area contributed by atoms with Gasteiger partial charge in [-0.3, -0.25) is 0 Å². The summed E-state index contributed by atoms with van der Waals surface area (Å²) in [5, 5.41) is 11.4. The van der Waals surface area contributed by atoms with Crippen molar-refractivity contribution in [2.45, 2.75) is 0 Å². The Bertz CT molecular complexity index is 1180. The highest BCUT2D eigenvalue weighted by Gasteiger charge is 2.28. The molecule has 0 spiro atoms. The second kappa shape index (κ2) is 9.10. The van der Waals surface area contributed by atoms with Crippen molar-refractivity contribution in [1.82, 2.24) is 0 Å². The van der Waals surface area contributed by atoms with Crippen molar-refractivity contribution in [3.63, 3.8) is 0 Å². The smallest absolute Gasteiger partial charge is 0.130 e. The van der Waals surface area contributed by atoms with Gasteiger partial charge in [-0.05, 0) is 35.4 Å². The molecule has 2 aliphatic carbocycles. The van der Waals surface area contributed by atoms with Crippen LogP contribution in [0.3, 0.4) is 0 Å². The van der Waals surface area contributed by atoms with E-state index in [1.54, 1.807) is 28.4 Å². The van der Waals surface area contributed by atoms with Crippen LogP contribution in [0.5, 0.6) is 23.0 Å². The minimum atomic E-state index is -0.303. The van der Waals surface area contributed by atoms with E-state index in [1.807, 2.05) is 72.9 Å². The highest BCUT2D eigenvalue weighted by molar-refractivity contribution is 5.90. The number of allylic oxidation sites excluding steroid dienone is 8.